The smallest absolute Gasteiger partial charge is 0.159 e. The van der Waals surface area contributed by atoms with E-state index in [-0.39, 0.29) is 0 Å². The predicted molar refractivity (Wildman–Crippen MR) is 70.8 cm³/mol. The Balaban J connectivity index is 2.15. The van der Waals surface area contributed by atoms with Crippen molar-refractivity contribution in [3.8, 4) is 0 Å². The van der Waals surface area contributed by atoms with Gasteiger partial charge in [-0.25, -0.2) is 8.78 Å². The summed E-state index contributed by atoms with van der Waals surface area (Å²) < 4.78 is 26.3. The molecule has 19 heavy (non-hydrogen) atoms. The highest BCUT2D eigenvalue weighted by atomic mass is 19.2. The SMILES string of the molecule is CCCN1CCCC(O)(c2ccc(F)c(F)c2)CC1. The minimum absolute atomic E-state index is 0.491. The van der Waals surface area contributed by atoms with Crippen LogP contribution in [0.4, 0.5) is 8.78 Å². The zero-order valence-corrected chi connectivity index (χ0v) is 11.3. The second-order valence-electron chi connectivity index (χ2n) is 5.36. The number of nitrogens with zero attached hydrogens (tertiary/aromatic N) is 1. The monoisotopic (exact) mass is 269 g/mol. The van der Waals surface area contributed by atoms with Crippen molar-refractivity contribution in [2.24, 2.45) is 0 Å². The minimum atomic E-state index is -1.03. The van der Waals surface area contributed by atoms with Crippen molar-refractivity contribution in [3.63, 3.8) is 0 Å². The zero-order valence-electron chi connectivity index (χ0n) is 11.3. The minimum Gasteiger partial charge on any atom is -0.385 e. The van der Waals surface area contributed by atoms with E-state index in [1.807, 2.05) is 0 Å². The van der Waals surface area contributed by atoms with Gasteiger partial charge in [-0.05, 0) is 56.5 Å². The lowest BCUT2D eigenvalue weighted by atomic mass is 9.87. The van der Waals surface area contributed by atoms with Crippen molar-refractivity contribution in [2.45, 2.75) is 38.2 Å². The maximum absolute atomic E-state index is 13.3. The number of likely N-dealkylation sites (tertiary alicyclic amines) is 1. The van der Waals surface area contributed by atoms with Gasteiger partial charge in [-0.15, -0.1) is 0 Å². The zero-order chi connectivity index (χ0) is 13.9. The van der Waals surface area contributed by atoms with Crippen molar-refractivity contribution in [1.82, 2.24) is 4.90 Å². The molecule has 2 nitrogen and oxygen atoms in total. The summed E-state index contributed by atoms with van der Waals surface area (Å²) in [7, 11) is 0. The average Bonchev–Trinajstić information content (AvgIpc) is 2.57. The van der Waals surface area contributed by atoms with Gasteiger partial charge >= 0.3 is 0 Å². The van der Waals surface area contributed by atoms with Crippen LogP contribution in [0.3, 0.4) is 0 Å². The molecule has 1 fully saturated rings. The van der Waals surface area contributed by atoms with Crippen molar-refractivity contribution < 1.29 is 13.9 Å². The van der Waals surface area contributed by atoms with Crippen molar-refractivity contribution in [2.75, 3.05) is 19.6 Å². The Kier molecular flexibility index (Phi) is 4.53. The Bertz CT molecular complexity index is 438. The molecule has 1 aliphatic heterocycles. The van der Waals surface area contributed by atoms with Crippen LogP contribution in [0, 0.1) is 11.6 Å². The van der Waals surface area contributed by atoms with Gasteiger partial charge in [-0.1, -0.05) is 13.0 Å². The molecular formula is C15H21F2NO. The first-order valence-electron chi connectivity index (χ1n) is 6.95. The lowest BCUT2D eigenvalue weighted by Gasteiger charge is -2.27. The highest BCUT2D eigenvalue weighted by Gasteiger charge is 2.32. The van der Waals surface area contributed by atoms with Crippen molar-refractivity contribution in [3.05, 3.63) is 35.4 Å². The molecule has 1 aromatic rings. The van der Waals surface area contributed by atoms with Gasteiger partial charge in [0.15, 0.2) is 11.6 Å². The highest BCUT2D eigenvalue weighted by molar-refractivity contribution is 5.24. The Morgan fingerprint density at radius 1 is 1.21 bits per heavy atom. The van der Waals surface area contributed by atoms with E-state index >= 15 is 0 Å². The molecule has 1 unspecified atom stereocenters. The molecule has 1 atom stereocenters. The van der Waals surface area contributed by atoms with E-state index in [1.54, 1.807) is 0 Å². The van der Waals surface area contributed by atoms with E-state index in [0.717, 1.165) is 44.6 Å². The van der Waals surface area contributed by atoms with Gasteiger partial charge in [-0.2, -0.15) is 0 Å². The molecule has 0 spiro atoms. The van der Waals surface area contributed by atoms with Crippen LogP contribution in [-0.4, -0.2) is 29.6 Å². The number of aliphatic hydroxyl groups is 1. The van der Waals surface area contributed by atoms with E-state index in [4.69, 9.17) is 0 Å². The van der Waals surface area contributed by atoms with Crippen LogP contribution in [0.1, 0.15) is 38.2 Å². The predicted octanol–water partition coefficient (Wildman–Crippen LogP) is 3.05. The number of rotatable bonds is 3. The standard InChI is InChI=1S/C15H21F2NO/c1-2-8-18-9-3-6-15(19,7-10-18)12-4-5-13(16)14(17)11-12/h4-5,11,19H,2-3,6-10H2,1H3. The summed E-state index contributed by atoms with van der Waals surface area (Å²) in [5, 5.41) is 10.7. The van der Waals surface area contributed by atoms with Crippen LogP contribution in [0.2, 0.25) is 0 Å². The number of benzene rings is 1. The Morgan fingerprint density at radius 3 is 2.68 bits per heavy atom. The fourth-order valence-corrected chi connectivity index (χ4v) is 2.79. The summed E-state index contributed by atoms with van der Waals surface area (Å²) in [4.78, 5) is 2.32. The number of hydrogen-bond acceptors (Lipinski definition) is 2. The van der Waals surface area contributed by atoms with E-state index in [9.17, 15) is 13.9 Å². The van der Waals surface area contributed by atoms with Crippen LogP contribution < -0.4 is 0 Å². The molecular weight excluding hydrogens is 248 g/mol. The topological polar surface area (TPSA) is 23.5 Å². The molecule has 4 heteroatoms. The first-order chi connectivity index (χ1) is 9.05. The fraction of sp³-hybridized carbons (Fsp3) is 0.600. The van der Waals surface area contributed by atoms with Crippen LogP contribution in [0.25, 0.3) is 0 Å². The molecule has 2 rings (SSSR count). The number of hydrogen-bond donors (Lipinski definition) is 1. The second-order valence-corrected chi connectivity index (χ2v) is 5.36. The molecule has 1 aromatic carbocycles. The Morgan fingerprint density at radius 2 is 2.00 bits per heavy atom. The van der Waals surface area contributed by atoms with Gasteiger partial charge in [0, 0.05) is 6.54 Å². The Labute approximate surface area is 113 Å². The molecule has 1 aliphatic rings. The Hall–Kier alpha value is -1.00. The third kappa shape index (κ3) is 3.31. The molecule has 1 saturated heterocycles. The molecule has 0 aromatic heterocycles. The van der Waals surface area contributed by atoms with Gasteiger partial charge < -0.3 is 10.0 Å². The normalized spacial score (nSPS) is 25.3. The summed E-state index contributed by atoms with van der Waals surface area (Å²) in [5.74, 6) is -1.76. The number of halogens is 2. The fourth-order valence-electron chi connectivity index (χ4n) is 2.79. The highest BCUT2D eigenvalue weighted by Crippen LogP contribution is 2.33. The van der Waals surface area contributed by atoms with Crippen LogP contribution in [0.15, 0.2) is 18.2 Å². The van der Waals surface area contributed by atoms with Gasteiger partial charge in [0.05, 0.1) is 5.60 Å². The van der Waals surface area contributed by atoms with E-state index < -0.39 is 17.2 Å². The summed E-state index contributed by atoms with van der Waals surface area (Å²) in [6.07, 6.45) is 3.12. The van der Waals surface area contributed by atoms with Gasteiger partial charge in [0.1, 0.15) is 0 Å². The lowest BCUT2D eigenvalue weighted by Crippen LogP contribution is -2.29. The molecule has 0 bridgehead atoms. The van der Waals surface area contributed by atoms with E-state index in [2.05, 4.69) is 11.8 Å². The molecule has 106 valence electrons. The lowest BCUT2D eigenvalue weighted by molar-refractivity contribution is 0.0208. The largest absolute Gasteiger partial charge is 0.385 e. The molecule has 1 N–H and O–H groups in total. The summed E-state index contributed by atoms with van der Waals surface area (Å²) >= 11 is 0. The first kappa shape index (κ1) is 14.4. The summed E-state index contributed by atoms with van der Waals surface area (Å²) in [5.41, 5.74) is -0.540. The average molecular weight is 269 g/mol. The van der Waals surface area contributed by atoms with Crippen molar-refractivity contribution in [1.29, 1.82) is 0 Å². The third-order valence-corrected chi connectivity index (χ3v) is 3.90. The molecule has 0 radical (unpaired) electrons. The second kappa shape index (κ2) is 5.97. The molecule has 0 aliphatic carbocycles. The summed E-state index contributed by atoms with van der Waals surface area (Å²) in [6, 6.07) is 3.72. The van der Waals surface area contributed by atoms with Crippen LogP contribution in [-0.2, 0) is 5.60 Å². The third-order valence-electron chi connectivity index (χ3n) is 3.90. The van der Waals surface area contributed by atoms with Crippen molar-refractivity contribution >= 4 is 0 Å². The molecule has 0 saturated carbocycles. The van der Waals surface area contributed by atoms with E-state index in [0.29, 0.717) is 18.4 Å². The summed E-state index contributed by atoms with van der Waals surface area (Å²) in [6.45, 7) is 4.91. The van der Waals surface area contributed by atoms with Crippen LogP contribution in [0.5, 0.6) is 0 Å². The van der Waals surface area contributed by atoms with Gasteiger partial charge in [0.2, 0.25) is 0 Å². The van der Waals surface area contributed by atoms with E-state index in [1.165, 1.54) is 6.07 Å². The van der Waals surface area contributed by atoms with Crippen LogP contribution >= 0.6 is 0 Å². The maximum atomic E-state index is 13.3. The first-order valence-corrected chi connectivity index (χ1v) is 6.95. The quantitative estimate of drug-likeness (QED) is 0.911. The molecule has 0 amide bonds. The maximum Gasteiger partial charge on any atom is 0.159 e. The van der Waals surface area contributed by atoms with Gasteiger partial charge in [0.25, 0.3) is 0 Å². The molecule has 1 heterocycles. The van der Waals surface area contributed by atoms with Gasteiger partial charge in [-0.3, -0.25) is 0 Å².